The van der Waals surface area contributed by atoms with Crippen molar-refractivity contribution in [1.29, 1.82) is 0 Å². The summed E-state index contributed by atoms with van der Waals surface area (Å²) in [4.78, 5) is 12.3. The van der Waals surface area contributed by atoms with Gasteiger partial charge in [0.05, 0.1) is 6.61 Å². The lowest BCUT2D eigenvalue weighted by Crippen LogP contribution is -2.49. The molecular weight excluding hydrogens is 242 g/mol. The fourth-order valence-corrected chi connectivity index (χ4v) is 2.59. The highest BCUT2D eigenvalue weighted by Gasteiger charge is 2.24. The third-order valence-corrected chi connectivity index (χ3v) is 3.73. The average Bonchev–Trinajstić information content (AvgIpc) is 2.87. The summed E-state index contributed by atoms with van der Waals surface area (Å²) in [5.74, 6) is -0.0385. The Morgan fingerprint density at radius 3 is 3.05 bits per heavy atom. The molecule has 1 aliphatic carbocycles. The molecule has 1 heterocycles. The number of carbonyl (C=O) groups excluding carboxylic acids is 1. The Morgan fingerprint density at radius 1 is 1.53 bits per heavy atom. The molecule has 0 bridgehead atoms. The molecule has 0 aliphatic heterocycles. The first-order valence-electron chi connectivity index (χ1n) is 6.93. The fourth-order valence-electron chi connectivity index (χ4n) is 2.59. The minimum atomic E-state index is -0.0385. The standard InChI is InChI=1S/C14H23N3O2/c1-19-10-9-17-8-4-7-13(17)14(18)16-12-6-3-2-5-11(12)15/h4,7-8,11-12H,2-3,5-6,9-10,15H2,1H3,(H,16,18)/t11-,12-/m1/s1. The second-order valence-corrected chi connectivity index (χ2v) is 5.11. The van der Waals surface area contributed by atoms with Crippen LogP contribution in [0.3, 0.4) is 0 Å². The molecule has 1 aromatic heterocycles. The summed E-state index contributed by atoms with van der Waals surface area (Å²) in [5, 5.41) is 3.06. The molecule has 2 atom stereocenters. The first-order valence-corrected chi connectivity index (χ1v) is 6.93. The number of methoxy groups -OCH3 is 1. The number of rotatable bonds is 5. The first-order chi connectivity index (χ1) is 9.22. The number of hydrogen-bond donors (Lipinski definition) is 2. The van der Waals surface area contributed by atoms with Crippen LogP contribution in [-0.4, -0.2) is 36.3 Å². The van der Waals surface area contributed by atoms with Gasteiger partial charge in [-0.1, -0.05) is 12.8 Å². The highest BCUT2D eigenvalue weighted by Crippen LogP contribution is 2.17. The summed E-state index contributed by atoms with van der Waals surface area (Å²) >= 11 is 0. The Bertz CT molecular complexity index is 417. The summed E-state index contributed by atoms with van der Waals surface area (Å²) in [6.45, 7) is 1.28. The zero-order valence-electron chi connectivity index (χ0n) is 11.5. The molecule has 106 valence electrons. The smallest absolute Gasteiger partial charge is 0.268 e. The number of amides is 1. The van der Waals surface area contributed by atoms with E-state index in [0.717, 1.165) is 25.7 Å². The molecule has 0 unspecified atom stereocenters. The van der Waals surface area contributed by atoms with Crippen molar-refractivity contribution in [3.63, 3.8) is 0 Å². The van der Waals surface area contributed by atoms with Gasteiger partial charge in [0.2, 0.25) is 0 Å². The molecule has 1 aliphatic rings. The van der Waals surface area contributed by atoms with Gasteiger partial charge in [-0.2, -0.15) is 0 Å². The predicted octanol–water partition coefficient (Wildman–Crippen LogP) is 1.13. The topological polar surface area (TPSA) is 69.3 Å². The van der Waals surface area contributed by atoms with E-state index < -0.39 is 0 Å². The Labute approximate surface area is 114 Å². The van der Waals surface area contributed by atoms with Gasteiger partial charge in [0.25, 0.3) is 5.91 Å². The van der Waals surface area contributed by atoms with Crippen LogP contribution >= 0.6 is 0 Å². The quantitative estimate of drug-likeness (QED) is 0.838. The Morgan fingerprint density at radius 2 is 2.32 bits per heavy atom. The van der Waals surface area contributed by atoms with Crippen molar-refractivity contribution in [2.24, 2.45) is 5.73 Å². The fraction of sp³-hybridized carbons (Fsp3) is 0.643. The van der Waals surface area contributed by atoms with Crippen LogP contribution in [-0.2, 0) is 11.3 Å². The van der Waals surface area contributed by atoms with Crippen LogP contribution in [0.1, 0.15) is 36.2 Å². The van der Waals surface area contributed by atoms with Crippen LogP contribution < -0.4 is 11.1 Å². The van der Waals surface area contributed by atoms with Crippen LogP contribution in [0.15, 0.2) is 18.3 Å². The van der Waals surface area contributed by atoms with E-state index in [1.165, 1.54) is 0 Å². The van der Waals surface area contributed by atoms with Crippen LogP contribution in [0.2, 0.25) is 0 Å². The van der Waals surface area contributed by atoms with Gasteiger partial charge in [0.15, 0.2) is 0 Å². The molecule has 5 heteroatoms. The summed E-state index contributed by atoms with van der Waals surface area (Å²) in [6, 6.07) is 3.90. The van der Waals surface area contributed by atoms with Crippen molar-refractivity contribution in [2.45, 2.75) is 44.3 Å². The lowest BCUT2D eigenvalue weighted by molar-refractivity contribution is 0.0909. The van der Waals surface area contributed by atoms with Crippen molar-refractivity contribution in [3.8, 4) is 0 Å². The van der Waals surface area contributed by atoms with Crippen molar-refractivity contribution in [2.75, 3.05) is 13.7 Å². The minimum absolute atomic E-state index is 0.0385. The van der Waals surface area contributed by atoms with Crippen molar-refractivity contribution < 1.29 is 9.53 Å². The number of hydrogen-bond acceptors (Lipinski definition) is 3. The molecule has 0 aromatic carbocycles. The van der Waals surface area contributed by atoms with Gasteiger partial charge < -0.3 is 20.4 Å². The van der Waals surface area contributed by atoms with Crippen molar-refractivity contribution in [1.82, 2.24) is 9.88 Å². The summed E-state index contributed by atoms with van der Waals surface area (Å²) in [5.41, 5.74) is 6.73. The van der Waals surface area contributed by atoms with Gasteiger partial charge in [0, 0.05) is 31.9 Å². The minimum Gasteiger partial charge on any atom is -0.383 e. The maximum absolute atomic E-state index is 12.3. The van der Waals surface area contributed by atoms with E-state index in [-0.39, 0.29) is 18.0 Å². The zero-order valence-corrected chi connectivity index (χ0v) is 11.5. The molecule has 5 nitrogen and oxygen atoms in total. The van der Waals surface area contributed by atoms with Gasteiger partial charge in [-0.05, 0) is 25.0 Å². The molecular formula is C14H23N3O2. The Hall–Kier alpha value is -1.33. The van der Waals surface area contributed by atoms with E-state index in [4.69, 9.17) is 10.5 Å². The van der Waals surface area contributed by atoms with E-state index in [9.17, 15) is 4.79 Å². The lowest BCUT2D eigenvalue weighted by atomic mass is 9.91. The van der Waals surface area contributed by atoms with Crippen LogP contribution in [0.4, 0.5) is 0 Å². The van der Waals surface area contributed by atoms with Crippen molar-refractivity contribution >= 4 is 5.91 Å². The summed E-state index contributed by atoms with van der Waals surface area (Å²) in [7, 11) is 1.66. The second-order valence-electron chi connectivity index (χ2n) is 5.11. The molecule has 1 fully saturated rings. The van der Waals surface area contributed by atoms with Gasteiger partial charge in [0.1, 0.15) is 5.69 Å². The number of nitrogens with one attached hydrogen (secondary N) is 1. The molecule has 0 spiro atoms. The van der Waals surface area contributed by atoms with Crippen LogP contribution in [0, 0.1) is 0 Å². The van der Waals surface area contributed by atoms with E-state index >= 15 is 0 Å². The van der Waals surface area contributed by atoms with Gasteiger partial charge in [-0.25, -0.2) is 0 Å². The van der Waals surface area contributed by atoms with Crippen molar-refractivity contribution in [3.05, 3.63) is 24.0 Å². The van der Waals surface area contributed by atoms with Crippen LogP contribution in [0.25, 0.3) is 0 Å². The third kappa shape index (κ3) is 3.58. The summed E-state index contributed by atoms with van der Waals surface area (Å²) in [6.07, 6.45) is 6.18. The van der Waals surface area contributed by atoms with E-state index in [0.29, 0.717) is 18.8 Å². The van der Waals surface area contributed by atoms with Gasteiger partial charge >= 0.3 is 0 Å². The SMILES string of the molecule is COCCn1cccc1C(=O)N[C@@H]1CCCC[C@H]1N. The molecule has 1 amide bonds. The number of carbonyl (C=O) groups is 1. The largest absolute Gasteiger partial charge is 0.383 e. The van der Waals surface area contributed by atoms with Gasteiger partial charge in [-0.15, -0.1) is 0 Å². The highest BCUT2D eigenvalue weighted by molar-refractivity contribution is 5.93. The van der Waals surface area contributed by atoms with E-state index in [2.05, 4.69) is 5.32 Å². The monoisotopic (exact) mass is 265 g/mol. The lowest BCUT2D eigenvalue weighted by Gasteiger charge is -2.29. The Kier molecular flexibility index (Phi) is 4.99. The summed E-state index contributed by atoms with van der Waals surface area (Å²) < 4.78 is 6.95. The molecule has 3 N–H and O–H groups in total. The average molecular weight is 265 g/mol. The van der Waals surface area contributed by atoms with Gasteiger partial charge in [-0.3, -0.25) is 4.79 Å². The maximum Gasteiger partial charge on any atom is 0.268 e. The van der Waals surface area contributed by atoms with E-state index in [1.54, 1.807) is 7.11 Å². The number of ether oxygens (including phenoxy) is 1. The molecule has 1 saturated carbocycles. The zero-order chi connectivity index (χ0) is 13.7. The highest BCUT2D eigenvalue weighted by atomic mass is 16.5. The molecule has 1 aromatic rings. The molecule has 0 radical (unpaired) electrons. The predicted molar refractivity (Wildman–Crippen MR) is 74.0 cm³/mol. The number of nitrogens with zero attached hydrogens (tertiary/aromatic N) is 1. The Balaban J connectivity index is 1.97. The molecule has 0 saturated heterocycles. The van der Waals surface area contributed by atoms with E-state index in [1.807, 2.05) is 22.9 Å². The number of aromatic nitrogens is 1. The number of nitrogens with two attached hydrogens (primary N) is 1. The molecule has 2 rings (SSSR count). The second kappa shape index (κ2) is 6.73. The van der Waals surface area contributed by atoms with Crippen LogP contribution in [0.5, 0.6) is 0 Å². The maximum atomic E-state index is 12.3. The first kappa shape index (κ1) is 14.1. The third-order valence-electron chi connectivity index (χ3n) is 3.73. The molecule has 19 heavy (non-hydrogen) atoms. The normalized spacial score (nSPS) is 23.3.